The lowest BCUT2D eigenvalue weighted by Crippen LogP contribution is -2.39. The summed E-state index contributed by atoms with van der Waals surface area (Å²) in [5.41, 5.74) is 5.94. The number of likely N-dealkylation sites (tertiary alicyclic amines) is 1. The molecule has 2 saturated heterocycles. The van der Waals surface area contributed by atoms with Crippen molar-refractivity contribution in [3.63, 3.8) is 0 Å². The van der Waals surface area contributed by atoms with E-state index < -0.39 is 0 Å². The first-order valence-corrected chi connectivity index (χ1v) is 8.04. The SMILES string of the molecule is CC(C)CN1CCC[C@H]1CN=C(N)NCC1CCCO1. The highest BCUT2D eigenvalue weighted by Gasteiger charge is 2.24. The van der Waals surface area contributed by atoms with Gasteiger partial charge in [-0.05, 0) is 38.1 Å². The quantitative estimate of drug-likeness (QED) is 0.567. The number of nitrogens with one attached hydrogen (secondary N) is 1. The molecule has 0 aromatic heterocycles. The second kappa shape index (κ2) is 7.84. The summed E-state index contributed by atoms with van der Waals surface area (Å²) in [5, 5.41) is 3.19. The highest BCUT2D eigenvalue weighted by atomic mass is 16.5. The fourth-order valence-corrected chi connectivity index (χ4v) is 3.09. The molecule has 0 amide bonds. The van der Waals surface area contributed by atoms with Gasteiger partial charge in [0.15, 0.2) is 5.96 Å². The predicted molar refractivity (Wildman–Crippen MR) is 82.9 cm³/mol. The Labute approximate surface area is 122 Å². The normalized spacial score (nSPS) is 28.4. The minimum Gasteiger partial charge on any atom is -0.376 e. The fraction of sp³-hybridized carbons (Fsp3) is 0.933. The highest BCUT2D eigenvalue weighted by Crippen LogP contribution is 2.18. The van der Waals surface area contributed by atoms with Gasteiger partial charge in [-0.2, -0.15) is 0 Å². The van der Waals surface area contributed by atoms with Crippen LogP contribution >= 0.6 is 0 Å². The van der Waals surface area contributed by atoms with Gasteiger partial charge in [-0.1, -0.05) is 13.8 Å². The molecule has 3 N–H and O–H groups in total. The average molecular weight is 282 g/mol. The van der Waals surface area contributed by atoms with Gasteiger partial charge in [0, 0.05) is 25.7 Å². The smallest absolute Gasteiger partial charge is 0.188 e. The molecule has 0 aliphatic carbocycles. The zero-order valence-corrected chi connectivity index (χ0v) is 13.0. The third-order valence-corrected chi connectivity index (χ3v) is 4.11. The third kappa shape index (κ3) is 4.94. The molecular weight excluding hydrogens is 252 g/mol. The van der Waals surface area contributed by atoms with Crippen molar-refractivity contribution in [2.24, 2.45) is 16.6 Å². The van der Waals surface area contributed by atoms with E-state index in [2.05, 4.69) is 29.1 Å². The standard InChI is InChI=1S/C15H30N4O/c1-12(2)11-19-7-3-5-13(19)9-17-15(16)18-10-14-6-4-8-20-14/h12-14H,3-11H2,1-2H3,(H3,16,17,18)/t13-,14?/m0/s1. The molecule has 0 saturated carbocycles. The number of nitrogens with two attached hydrogens (primary N) is 1. The van der Waals surface area contributed by atoms with Crippen molar-refractivity contribution in [3.05, 3.63) is 0 Å². The van der Waals surface area contributed by atoms with Crippen LogP contribution in [0.1, 0.15) is 39.5 Å². The molecule has 2 heterocycles. The van der Waals surface area contributed by atoms with Gasteiger partial charge < -0.3 is 15.8 Å². The minimum absolute atomic E-state index is 0.313. The molecule has 2 atom stereocenters. The second-order valence-electron chi connectivity index (χ2n) is 6.43. The molecule has 2 fully saturated rings. The van der Waals surface area contributed by atoms with Crippen molar-refractivity contribution in [1.82, 2.24) is 10.2 Å². The summed E-state index contributed by atoms with van der Waals surface area (Å²) in [6.07, 6.45) is 5.14. The lowest BCUT2D eigenvalue weighted by molar-refractivity contribution is 0.114. The van der Waals surface area contributed by atoms with Gasteiger partial charge in [0.2, 0.25) is 0 Å². The molecule has 0 aromatic carbocycles. The molecule has 20 heavy (non-hydrogen) atoms. The first-order valence-electron chi connectivity index (χ1n) is 8.04. The molecule has 116 valence electrons. The van der Waals surface area contributed by atoms with Gasteiger partial charge in [-0.15, -0.1) is 0 Å². The van der Waals surface area contributed by atoms with E-state index in [0.29, 0.717) is 18.1 Å². The van der Waals surface area contributed by atoms with E-state index in [9.17, 15) is 0 Å². The fourth-order valence-electron chi connectivity index (χ4n) is 3.09. The van der Waals surface area contributed by atoms with Crippen LogP contribution in [0.25, 0.3) is 0 Å². The summed E-state index contributed by atoms with van der Waals surface area (Å²) in [5.74, 6) is 1.28. The van der Waals surface area contributed by atoms with Crippen LogP contribution in [0.2, 0.25) is 0 Å². The molecule has 0 radical (unpaired) electrons. The maximum Gasteiger partial charge on any atom is 0.188 e. The van der Waals surface area contributed by atoms with Crippen molar-refractivity contribution >= 4 is 5.96 Å². The van der Waals surface area contributed by atoms with Gasteiger partial charge in [0.1, 0.15) is 0 Å². The lowest BCUT2D eigenvalue weighted by atomic mass is 10.2. The maximum atomic E-state index is 5.94. The Morgan fingerprint density at radius 1 is 1.40 bits per heavy atom. The third-order valence-electron chi connectivity index (χ3n) is 4.11. The predicted octanol–water partition coefficient (Wildman–Crippen LogP) is 1.19. The summed E-state index contributed by atoms with van der Waals surface area (Å²) in [4.78, 5) is 7.07. The number of ether oxygens (including phenoxy) is 1. The van der Waals surface area contributed by atoms with Crippen molar-refractivity contribution in [3.8, 4) is 0 Å². The van der Waals surface area contributed by atoms with Gasteiger partial charge in [-0.25, -0.2) is 0 Å². The topological polar surface area (TPSA) is 62.9 Å². The van der Waals surface area contributed by atoms with E-state index in [1.807, 2.05) is 0 Å². The Bertz CT molecular complexity index is 313. The van der Waals surface area contributed by atoms with Gasteiger partial charge in [0.25, 0.3) is 0 Å². The van der Waals surface area contributed by atoms with Crippen molar-refractivity contribution in [2.45, 2.75) is 51.7 Å². The summed E-state index contributed by atoms with van der Waals surface area (Å²) >= 11 is 0. The zero-order chi connectivity index (χ0) is 14.4. The molecular formula is C15H30N4O. The molecule has 5 nitrogen and oxygen atoms in total. The average Bonchev–Trinajstić information content (AvgIpc) is 3.04. The number of guanidine groups is 1. The molecule has 2 rings (SSSR count). The Kier molecular flexibility index (Phi) is 6.10. The lowest BCUT2D eigenvalue weighted by Gasteiger charge is -2.25. The minimum atomic E-state index is 0.313. The summed E-state index contributed by atoms with van der Waals surface area (Å²) < 4.78 is 5.56. The van der Waals surface area contributed by atoms with Crippen LogP contribution in [-0.4, -0.2) is 55.8 Å². The first kappa shape index (κ1) is 15.6. The van der Waals surface area contributed by atoms with Crippen LogP contribution in [-0.2, 0) is 4.74 Å². The molecule has 0 aromatic rings. The van der Waals surface area contributed by atoms with Gasteiger partial charge in [0.05, 0.1) is 12.6 Å². The Morgan fingerprint density at radius 2 is 2.25 bits per heavy atom. The van der Waals surface area contributed by atoms with E-state index in [1.165, 1.54) is 25.9 Å². The second-order valence-corrected chi connectivity index (χ2v) is 6.43. The van der Waals surface area contributed by atoms with Crippen LogP contribution in [0.4, 0.5) is 0 Å². The van der Waals surface area contributed by atoms with E-state index in [4.69, 9.17) is 10.5 Å². The van der Waals surface area contributed by atoms with Crippen molar-refractivity contribution in [1.29, 1.82) is 0 Å². The van der Waals surface area contributed by atoms with E-state index in [1.54, 1.807) is 0 Å². The number of hydrogen-bond donors (Lipinski definition) is 2. The number of aliphatic imine (C=N–C) groups is 1. The molecule has 2 aliphatic rings. The summed E-state index contributed by atoms with van der Waals surface area (Å²) in [6, 6.07) is 0.570. The van der Waals surface area contributed by atoms with Crippen LogP contribution < -0.4 is 11.1 Å². The van der Waals surface area contributed by atoms with Crippen molar-refractivity contribution in [2.75, 3.05) is 32.8 Å². The Hall–Kier alpha value is -0.810. The number of hydrogen-bond acceptors (Lipinski definition) is 3. The zero-order valence-electron chi connectivity index (χ0n) is 13.0. The van der Waals surface area contributed by atoms with Crippen LogP contribution in [0.15, 0.2) is 4.99 Å². The van der Waals surface area contributed by atoms with E-state index in [0.717, 1.165) is 38.5 Å². The molecule has 2 aliphatic heterocycles. The first-order chi connectivity index (χ1) is 9.65. The monoisotopic (exact) mass is 282 g/mol. The largest absolute Gasteiger partial charge is 0.376 e. The Morgan fingerprint density at radius 3 is 2.95 bits per heavy atom. The van der Waals surface area contributed by atoms with E-state index >= 15 is 0 Å². The maximum absolute atomic E-state index is 5.94. The molecule has 0 spiro atoms. The highest BCUT2D eigenvalue weighted by molar-refractivity contribution is 5.77. The number of rotatable bonds is 6. The van der Waals surface area contributed by atoms with Crippen LogP contribution in [0, 0.1) is 5.92 Å². The van der Waals surface area contributed by atoms with Crippen LogP contribution in [0.5, 0.6) is 0 Å². The molecule has 0 bridgehead atoms. The van der Waals surface area contributed by atoms with Gasteiger partial charge in [-0.3, -0.25) is 9.89 Å². The van der Waals surface area contributed by atoms with Gasteiger partial charge >= 0.3 is 0 Å². The summed E-state index contributed by atoms with van der Waals surface area (Å²) in [7, 11) is 0. The number of nitrogens with zero attached hydrogens (tertiary/aromatic N) is 2. The van der Waals surface area contributed by atoms with Crippen molar-refractivity contribution < 1.29 is 4.74 Å². The van der Waals surface area contributed by atoms with Crippen LogP contribution in [0.3, 0.4) is 0 Å². The van der Waals surface area contributed by atoms with E-state index in [-0.39, 0.29) is 0 Å². The summed E-state index contributed by atoms with van der Waals surface area (Å²) in [6.45, 7) is 9.42. The molecule has 1 unspecified atom stereocenters. The molecule has 5 heteroatoms. The Balaban J connectivity index is 1.70.